The van der Waals surface area contributed by atoms with Crippen molar-refractivity contribution in [2.45, 2.75) is 53.1 Å². The maximum atomic E-state index is 6.26. The van der Waals surface area contributed by atoms with Crippen LogP contribution in [0.1, 0.15) is 38.6 Å². The van der Waals surface area contributed by atoms with Crippen LogP contribution in [-0.2, 0) is 13.0 Å². The molecule has 0 spiro atoms. The number of aryl methyl sites for hydroxylation is 2. The smallest absolute Gasteiger partial charge is 0.0847 e. The van der Waals surface area contributed by atoms with Gasteiger partial charge in [-0.05, 0) is 39.5 Å². The van der Waals surface area contributed by atoms with Crippen molar-refractivity contribution < 1.29 is 0 Å². The van der Waals surface area contributed by atoms with Crippen LogP contribution in [0.4, 0.5) is 0 Å². The first kappa shape index (κ1) is 13.5. The van der Waals surface area contributed by atoms with Crippen LogP contribution in [-0.4, -0.2) is 15.8 Å². The van der Waals surface area contributed by atoms with Crippen molar-refractivity contribution in [2.24, 2.45) is 11.7 Å². The van der Waals surface area contributed by atoms with Crippen LogP contribution in [0.15, 0.2) is 0 Å². The topological polar surface area (TPSA) is 43.8 Å². The van der Waals surface area contributed by atoms with Gasteiger partial charge >= 0.3 is 0 Å². The first-order valence-electron chi connectivity index (χ1n) is 5.93. The summed E-state index contributed by atoms with van der Waals surface area (Å²) in [5.74, 6) is 0.541. The Bertz CT molecular complexity index is 344. The molecule has 0 saturated carbocycles. The monoisotopic (exact) mass is 243 g/mol. The summed E-state index contributed by atoms with van der Waals surface area (Å²) >= 11 is 6.26. The van der Waals surface area contributed by atoms with E-state index >= 15 is 0 Å². The highest BCUT2D eigenvalue weighted by atomic mass is 35.5. The minimum absolute atomic E-state index is 0.243. The van der Waals surface area contributed by atoms with E-state index in [4.69, 9.17) is 17.3 Å². The second-order valence-electron chi connectivity index (χ2n) is 4.68. The number of aromatic nitrogens is 2. The van der Waals surface area contributed by atoms with E-state index in [2.05, 4.69) is 18.9 Å². The van der Waals surface area contributed by atoms with Gasteiger partial charge < -0.3 is 5.73 Å². The third kappa shape index (κ3) is 3.22. The lowest BCUT2D eigenvalue weighted by Crippen LogP contribution is -2.20. The molecule has 2 N–H and O–H groups in total. The molecule has 0 saturated heterocycles. The van der Waals surface area contributed by atoms with Gasteiger partial charge in [-0.25, -0.2) is 0 Å². The Morgan fingerprint density at radius 1 is 1.44 bits per heavy atom. The Labute approximate surface area is 103 Å². The maximum Gasteiger partial charge on any atom is 0.0847 e. The molecule has 0 amide bonds. The minimum atomic E-state index is 0.243. The first-order valence-corrected chi connectivity index (χ1v) is 6.30. The quantitative estimate of drug-likeness (QED) is 0.864. The fourth-order valence-electron chi connectivity index (χ4n) is 2.11. The zero-order valence-corrected chi connectivity index (χ0v) is 11.4. The van der Waals surface area contributed by atoms with Crippen molar-refractivity contribution in [3.63, 3.8) is 0 Å². The highest BCUT2D eigenvalue weighted by Crippen LogP contribution is 2.24. The van der Waals surface area contributed by atoms with Crippen LogP contribution in [0, 0.1) is 12.8 Å². The second-order valence-corrected chi connectivity index (χ2v) is 5.06. The molecule has 2 atom stereocenters. The number of rotatable bonds is 5. The molecule has 92 valence electrons. The molecule has 1 rings (SSSR count). The molecule has 0 aromatic carbocycles. The summed E-state index contributed by atoms with van der Waals surface area (Å²) in [5.41, 5.74) is 7.88. The Morgan fingerprint density at radius 2 is 2.06 bits per heavy atom. The van der Waals surface area contributed by atoms with Crippen molar-refractivity contribution >= 4 is 11.6 Å². The Hall–Kier alpha value is -0.540. The van der Waals surface area contributed by atoms with Gasteiger partial charge in [0.1, 0.15) is 0 Å². The summed E-state index contributed by atoms with van der Waals surface area (Å²) in [6.45, 7) is 9.16. The molecule has 1 heterocycles. The number of hydrogen-bond acceptors (Lipinski definition) is 2. The summed E-state index contributed by atoms with van der Waals surface area (Å²) in [6, 6.07) is 0.243. The van der Waals surface area contributed by atoms with Crippen LogP contribution in [0.5, 0.6) is 0 Å². The van der Waals surface area contributed by atoms with Crippen molar-refractivity contribution in [2.75, 3.05) is 0 Å². The summed E-state index contributed by atoms with van der Waals surface area (Å²) in [4.78, 5) is 0. The predicted octanol–water partition coefficient (Wildman–Crippen LogP) is 2.78. The fourth-order valence-corrected chi connectivity index (χ4v) is 2.32. The minimum Gasteiger partial charge on any atom is -0.328 e. The predicted molar refractivity (Wildman–Crippen MR) is 68.8 cm³/mol. The van der Waals surface area contributed by atoms with Gasteiger partial charge in [0.25, 0.3) is 0 Å². The van der Waals surface area contributed by atoms with Gasteiger partial charge in [-0.2, -0.15) is 5.10 Å². The molecule has 1 aromatic rings. The largest absolute Gasteiger partial charge is 0.328 e. The molecule has 0 fully saturated rings. The summed E-state index contributed by atoms with van der Waals surface area (Å²) in [5, 5.41) is 5.23. The van der Waals surface area contributed by atoms with Crippen LogP contribution in [0.2, 0.25) is 5.02 Å². The summed E-state index contributed by atoms with van der Waals surface area (Å²) in [7, 11) is 0. The fraction of sp³-hybridized carbons (Fsp3) is 0.750. The van der Waals surface area contributed by atoms with E-state index < -0.39 is 0 Å². The first-order chi connectivity index (χ1) is 7.45. The summed E-state index contributed by atoms with van der Waals surface area (Å²) < 4.78 is 2.00. The Morgan fingerprint density at radius 3 is 2.56 bits per heavy atom. The number of halogens is 1. The summed E-state index contributed by atoms with van der Waals surface area (Å²) in [6.07, 6.45) is 1.97. The van der Waals surface area contributed by atoms with Crippen LogP contribution >= 0.6 is 11.6 Å². The molecule has 2 unspecified atom stereocenters. The molecule has 0 aliphatic rings. The molecule has 0 aliphatic heterocycles. The molecule has 16 heavy (non-hydrogen) atoms. The molecule has 4 heteroatoms. The van der Waals surface area contributed by atoms with E-state index in [0.717, 1.165) is 35.8 Å². The van der Waals surface area contributed by atoms with E-state index in [1.54, 1.807) is 0 Å². The van der Waals surface area contributed by atoms with E-state index in [-0.39, 0.29) is 6.04 Å². The lowest BCUT2D eigenvalue weighted by atomic mass is 9.98. The zero-order chi connectivity index (χ0) is 12.3. The Balaban J connectivity index is 2.79. The van der Waals surface area contributed by atoms with Crippen LogP contribution < -0.4 is 5.73 Å². The van der Waals surface area contributed by atoms with E-state index in [0.29, 0.717) is 5.92 Å². The average molecular weight is 244 g/mol. The van der Waals surface area contributed by atoms with Crippen molar-refractivity contribution in [3.05, 3.63) is 16.4 Å². The lowest BCUT2D eigenvalue weighted by molar-refractivity contribution is 0.461. The van der Waals surface area contributed by atoms with E-state index in [9.17, 15) is 0 Å². The normalized spacial score (nSPS) is 15.1. The molecular weight excluding hydrogens is 222 g/mol. The average Bonchev–Trinajstić information content (AvgIpc) is 2.44. The number of nitrogens with zero attached hydrogens (tertiary/aromatic N) is 2. The molecule has 3 nitrogen and oxygen atoms in total. The van der Waals surface area contributed by atoms with Crippen molar-refractivity contribution in [1.29, 1.82) is 0 Å². The van der Waals surface area contributed by atoms with Crippen molar-refractivity contribution in [1.82, 2.24) is 9.78 Å². The standard InChI is InChI=1S/C12H22ClN3/c1-5-16-11(12(13)10(4)15-16)7-8(2)6-9(3)14/h8-9H,5-7,14H2,1-4H3. The third-order valence-corrected chi connectivity index (χ3v) is 3.26. The van der Waals surface area contributed by atoms with Crippen molar-refractivity contribution in [3.8, 4) is 0 Å². The SMILES string of the molecule is CCn1nc(C)c(Cl)c1CC(C)CC(C)N. The molecule has 1 aromatic heterocycles. The maximum absolute atomic E-state index is 6.26. The van der Waals surface area contributed by atoms with E-state index in [1.165, 1.54) is 0 Å². The van der Waals surface area contributed by atoms with Gasteiger partial charge in [-0.1, -0.05) is 18.5 Å². The van der Waals surface area contributed by atoms with Gasteiger partial charge in [-0.3, -0.25) is 4.68 Å². The molecule has 0 radical (unpaired) electrons. The van der Waals surface area contributed by atoms with Gasteiger partial charge in [-0.15, -0.1) is 0 Å². The van der Waals surface area contributed by atoms with Gasteiger partial charge in [0.2, 0.25) is 0 Å². The van der Waals surface area contributed by atoms with Crippen LogP contribution in [0.3, 0.4) is 0 Å². The molecule has 0 bridgehead atoms. The molecular formula is C12H22ClN3. The lowest BCUT2D eigenvalue weighted by Gasteiger charge is -2.14. The van der Waals surface area contributed by atoms with Gasteiger partial charge in [0.05, 0.1) is 16.4 Å². The van der Waals surface area contributed by atoms with Gasteiger partial charge in [0.15, 0.2) is 0 Å². The number of hydrogen-bond donors (Lipinski definition) is 1. The van der Waals surface area contributed by atoms with E-state index in [1.807, 2.05) is 18.5 Å². The highest BCUT2D eigenvalue weighted by molar-refractivity contribution is 6.31. The highest BCUT2D eigenvalue weighted by Gasteiger charge is 2.16. The zero-order valence-electron chi connectivity index (χ0n) is 10.6. The second kappa shape index (κ2) is 5.69. The molecule has 0 aliphatic carbocycles. The van der Waals surface area contributed by atoms with Crippen LogP contribution in [0.25, 0.3) is 0 Å². The Kier molecular flexibility index (Phi) is 4.81. The number of nitrogens with two attached hydrogens (primary N) is 1. The van der Waals surface area contributed by atoms with Gasteiger partial charge in [0, 0.05) is 12.6 Å². The third-order valence-electron chi connectivity index (χ3n) is 2.77.